The summed E-state index contributed by atoms with van der Waals surface area (Å²) in [6, 6.07) is 3.57. The van der Waals surface area contributed by atoms with Crippen molar-refractivity contribution in [1.82, 2.24) is 10.3 Å². The lowest BCUT2D eigenvalue weighted by atomic mass is 10.1. The number of pyridine rings is 1. The maximum atomic E-state index is 11.7. The Kier molecular flexibility index (Phi) is 3.99. The first-order valence-corrected chi connectivity index (χ1v) is 6.20. The van der Waals surface area contributed by atoms with Crippen LogP contribution in [0.1, 0.15) is 40.5 Å². The summed E-state index contributed by atoms with van der Waals surface area (Å²) in [6.45, 7) is 0.490. The molecule has 0 aromatic carbocycles. The number of aliphatic imine (C=N–C) groups is 1. The highest BCUT2D eigenvalue weighted by molar-refractivity contribution is 5.90. The standard InChI is InChI=1S/C13H18N4O2/c1-15-13(14)16-7-9-5-6-10(12(18)19-2)11(17-9)8-3-4-8/h5-6,8H,3-4,7H2,1-2H3,(H3,14,15,16). The van der Waals surface area contributed by atoms with Gasteiger partial charge in [-0.05, 0) is 25.0 Å². The van der Waals surface area contributed by atoms with Gasteiger partial charge in [0.15, 0.2) is 5.96 Å². The second kappa shape index (κ2) is 5.69. The van der Waals surface area contributed by atoms with Crippen molar-refractivity contribution in [2.24, 2.45) is 10.7 Å². The lowest BCUT2D eigenvalue weighted by Gasteiger charge is -2.09. The van der Waals surface area contributed by atoms with E-state index >= 15 is 0 Å². The second-order valence-electron chi connectivity index (χ2n) is 4.46. The van der Waals surface area contributed by atoms with Crippen LogP contribution in [0.15, 0.2) is 17.1 Å². The molecule has 0 aliphatic heterocycles. The van der Waals surface area contributed by atoms with Gasteiger partial charge in [0.2, 0.25) is 0 Å². The molecule has 6 nitrogen and oxygen atoms in total. The molecule has 1 aliphatic rings. The molecule has 0 saturated heterocycles. The molecule has 3 N–H and O–H groups in total. The third kappa shape index (κ3) is 3.21. The minimum Gasteiger partial charge on any atom is -0.465 e. The summed E-state index contributed by atoms with van der Waals surface area (Å²) in [5, 5.41) is 2.95. The fourth-order valence-electron chi connectivity index (χ4n) is 1.83. The summed E-state index contributed by atoms with van der Waals surface area (Å²) >= 11 is 0. The van der Waals surface area contributed by atoms with E-state index in [1.807, 2.05) is 0 Å². The number of nitrogens with zero attached hydrogens (tertiary/aromatic N) is 2. The van der Waals surface area contributed by atoms with Crippen molar-refractivity contribution in [3.63, 3.8) is 0 Å². The van der Waals surface area contributed by atoms with Gasteiger partial charge in [-0.15, -0.1) is 0 Å². The van der Waals surface area contributed by atoms with E-state index in [-0.39, 0.29) is 5.97 Å². The Bertz CT molecular complexity index is 509. The molecule has 19 heavy (non-hydrogen) atoms. The fraction of sp³-hybridized carbons (Fsp3) is 0.462. The summed E-state index contributed by atoms with van der Waals surface area (Å²) in [4.78, 5) is 20.0. The van der Waals surface area contributed by atoms with Gasteiger partial charge in [-0.2, -0.15) is 0 Å². The molecule has 1 heterocycles. The van der Waals surface area contributed by atoms with E-state index in [0.29, 0.717) is 24.0 Å². The molecule has 0 unspecified atom stereocenters. The van der Waals surface area contributed by atoms with Crippen LogP contribution < -0.4 is 11.1 Å². The van der Waals surface area contributed by atoms with Gasteiger partial charge in [0, 0.05) is 13.0 Å². The van der Waals surface area contributed by atoms with Crippen LogP contribution in [0.4, 0.5) is 0 Å². The predicted octanol–water partition coefficient (Wildman–Crippen LogP) is 0.780. The van der Waals surface area contributed by atoms with Gasteiger partial charge in [0.05, 0.1) is 30.6 Å². The van der Waals surface area contributed by atoms with Crippen LogP contribution in [0, 0.1) is 0 Å². The van der Waals surface area contributed by atoms with Crippen molar-refractivity contribution in [2.75, 3.05) is 14.2 Å². The first kappa shape index (κ1) is 13.3. The third-order valence-corrected chi connectivity index (χ3v) is 3.04. The average molecular weight is 262 g/mol. The Hall–Kier alpha value is -2.11. The van der Waals surface area contributed by atoms with Gasteiger partial charge < -0.3 is 15.8 Å². The maximum Gasteiger partial charge on any atom is 0.339 e. The Morgan fingerprint density at radius 2 is 2.32 bits per heavy atom. The first-order chi connectivity index (χ1) is 9.15. The normalized spacial score (nSPS) is 15.2. The van der Waals surface area contributed by atoms with Crippen molar-refractivity contribution >= 4 is 11.9 Å². The van der Waals surface area contributed by atoms with Crippen LogP contribution in [0.2, 0.25) is 0 Å². The smallest absolute Gasteiger partial charge is 0.339 e. The minimum atomic E-state index is -0.330. The molecule has 1 aromatic rings. The molecule has 0 amide bonds. The number of aromatic nitrogens is 1. The van der Waals surface area contributed by atoms with Gasteiger partial charge in [0.1, 0.15) is 0 Å². The molecule has 0 bridgehead atoms. The van der Waals surface area contributed by atoms with Crippen molar-refractivity contribution in [1.29, 1.82) is 0 Å². The van der Waals surface area contributed by atoms with E-state index in [1.54, 1.807) is 19.2 Å². The van der Waals surface area contributed by atoms with Crippen LogP contribution >= 0.6 is 0 Å². The lowest BCUT2D eigenvalue weighted by Crippen LogP contribution is -2.31. The number of hydrogen-bond donors (Lipinski definition) is 2. The summed E-state index contributed by atoms with van der Waals surface area (Å²) in [6.07, 6.45) is 2.15. The van der Waals surface area contributed by atoms with E-state index in [1.165, 1.54) is 7.11 Å². The van der Waals surface area contributed by atoms with Gasteiger partial charge in [0.25, 0.3) is 0 Å². The third-order valence-electron chi connectivity index (χ3n) is 3.04. The molecule has 102 valence electrons. The number of nitrogens with one attached hydrogen (secondary N) is 1. The summed E-state index contributed by atoms with van der Waals surface area (Å²) in [5.41, 5.74) is 7.79. The number of carbonyl (C=O) groups excluding carboxylic acids is 1. The average Bonchev–Trinajstić information content (AvgIpc) is 3.28. The predicted molar refractivity (Wildman–Crippen MR) is 71.9 cm³/mol. The number of hydrogen-bond acceptors (Lipinski definition) is 4. The Morgan fingerprint density at radius 3 is 2.89 bits per heavy atom. The Morgan fingerprint density at radius 1 is 1.58 bits per heavy atom. The molecule has 1 aliphatic carbocycles. The first-order valence-electron chi connectivity index (χ1n) is 6.20. The monoisotopic (exact) mass is 262 g/mol. The fourth-order valence-corrected chi connectivity index (χ4v) is 1.83. The Labute approximate surface area is 112 Å². The molecule has 6 heteroatoms. The number of guanidine groups is 1. The van der Waals surface area contributed by atoms with Crippen molar-refractivity contribution in [3.8, 4) is 0 Å². The van der Waals surface area contributed by atoms with E-state index in [2.05, 4.69) is 15.3 Å². The molecule has 1 saturated carbocycles. The summed E-state index contributed by atoms with van der Waals surface area (Å²) in [5.74, 6) is 0.418. The van der Waals surface area contributed by atoms with Crippen molar-refractivity contribution in [3.05, 3.63) is 29.1 Å². The minimum absolute atomic E-state index is 0.330. The van der Waals surface area contributed by atoms with Gasteiger partial charge in [-0.25, -0.2) is 4.79 Å². The number of carbonyl (C=O) groups is 1. The highest BCUT2D eigenvalue weighted by Crippen LogP contribution is 2.40. The molecule has 2 rings (SSSR count). The van der Waals surface area contributed by atoms with Crippen molar-refractivity contribution in [2.45, 2.75) is 25.3 Å². The molecular formula is C13H18N4O2. The zero-order chi connectivity index (χ0) is 13.8. The molecular weight excluding hydrogens is 244 g/mol. The van der Waals surface area contributed by atoms with Gasteiger partial charge in [-0.3, -0.25) is 9.98 Å². The van der Waals surface area contributed by atoms with Crippen LogP contribution in [0.3, 0.4) is 0 Å². The molecule has 1 fully saturated rings. The maximum absolute atomic E-state index is 11.7. The molecule has 1 aromatic heterocycles. The topological polar surface area (TPSA) is 89.6 Å². The van der Waals surface area contributed by atoms with Crippen LogP contribution in [0.5, 0.6) is 0 Å². The number of rotatable bonds is 4. The van der Waals surface area contributed by atoms with E-state index in [4.69, 9.17) is 10.5 Å². The zero-order valence-corrected chi connectivity index (χ0v) is 11.1. The summed E-state index contributed by atoms with van der Waals surface area (Å²) < 4.78 is 4.78. The number of esters is 1. The SMILES string of the molecule is CN=C(N)NCc1ccc(C(=O)OC)c(C2CC2)n1. The molecule has 0 atom stereocenters. The van der Waals surface area contributed by atoms with Gasteiger partial charge in [-0.1, -0.05) is 0 Å². The van der Waals surface area contributed by atoms with E-state index in [9.17, 15) is 4.79 Å². The lowest BCUT2D eigenvalue weighted by molar-refractivity contribution is 0.0598. The highest BCUT2D eigenvalue weighted by Gasteiger charge is 2.30. The number of ether oxygens (including phenoxy) is 1. The van der Waals surface area contributed by atoms with E-state index in [0.717, 1.165) is 24.2 Å². The molecule has 0 spiro atoms. The Balaban J connectivity index is 2.19. The van der Waals surface area contributed by atoms with Gasteiger partial charge >= 0.3 is 5.97 Å². The highest BCUT2D eigenvalue weighted by atomic mass is 16.5. The number of methoxy groups -OCH3 is 1. The summed E-state index contributed by atoms with van der Waals surface area (Å²) in [7, 11) is 3.00. The quantitative estimate of drug-likeness (QED) is 0.475. The molecule has 0 radical (unpaired) electrons. The zero-order valence-electron chi connectivity index (χ0n) is 11.1. The van der Waals surface area contributed by atoms with E-state index < -0.39 is 0 Å². The second-order valence-corrected chi connectivity index (χ2v) is 4.46. The van der Waals surface area contributed by atoms with Crippen LogP contribution in [-0.4, -0.2) is 31.1 Å². The van der Waals surface area contributed by atoms with Crippen LogP contribution in [0.25, 0.3) is 0 Å². The van der Waals surface area contributed by atoms with Crippen molar-refractivity contribution < 1.29 is 9.53 Å². The largest absolute Gasteiger partial charge is 0.465 e. The number of nitrogens with two attached hydrogens (primary N) is 1. The van der Waals surface area contributed by atoms with Crippen LogP contribution in [-0.2, 0) is 11.3 Å².